The zero-order valence-corrected chi connectivity index (χ0v) is 15.8. The molecular weight excluding hydrogens is 342 g/mol. The lowest BCUT2D eigenvalue weighted by atomic mass is 10.2. The van der Waals surface area contributed by atoms with Gasteiger partial charge in [0.15, 0.2) is 5.96 Å². The number of alkyl halides is 2. The topological polar surface area (TPSA) is 58.1 Å². The van der Waals surface area contributed by atoms with Crippen molar-refractivity contribution in [3.05, 3.63) is 29.8 Å². The fraction of sp³-hybridized carbons (Fsp3) is 0.611. The molecule has 2 N–H and O–H groups in total. The van der Waals surface area contributed by atoms with Gasteiger partial charge in [0, 0.05) is 32.3 Å². The normalized spacial score (nSPS) is 11.9. The summed E-state index contributed by atoms with van der Waals surface area (Å²) < 4.78 is 34.5. The fourth-order valence-corrected chi connectivity index (χ4v) is 2.27. The molecule has 0 unspecified atom stereocenters. The fourth-order valence-electron chi connectivity index (χ4n) is 2.27. The maximum atomic E-state index is 12.5. The molecule has 0 aliphatic heterocycles. The van der Waals surface area contributed by atoms with E-state index in [1.807, 2.05) is 6.92 Å². The standard InChI is InChI=1S/C18H30F2N4O2/c1-4-21-18(22-10-7-11-24(2)12-13-25-3)23-14-15-8-5-6-9-16(15)26-17(19)20/h5-6,8-9,17H,4,7,10-14H2,1-3H3,(H2,21,22,23). The molecule has 0 radical (unpaired) electrons. The highest BCUT2D eigenvalue weighted by Gasteiger charge is 2.09. The van der Waals surface area contributed by atoms with Gasteiger partial charge in [0.25, 0.3) is 0 Å². The number of hydrogen-bond acceptors (Lipinski definition) is 4. The van der Waals surface area contributed by atoms with Gasteiger partial charge in [0.2, 0.25) is 0 Å². The second kappa shape index (κ2) is 13.3. The number of likely N-dealkylation sites (N-methyl/N-ethyl adjacent to an activating group) is 1. The first-order valence-electron chi connectivity index (χ1n) is 8.79. The molecule has 26 heavy (non-hydrogen) atoms. The van der Waals surface area contributed by atoms with Crippen LogP contribution in [0.15, 0.2) is 29.3 Å². The van der Waals surface area contributed by atoms with E-state index < -0.39 is 6.61 Å². The van der Waals surface area contributed by atoms with Crippen LogP contribution < -0.4 is 15.4 Å². The van der Waals surface area contributed by atoms with Crippen LogP contribution in [0.1, 0.15) is 18.9 Å². The molecule has 0 heterocycles. The highest BCUT2D eigenvalue weighted by atomic mass is 19.3. The molecule has 0 aliphatic carbocycles. The third-order valence-electron chi connectivity index (χ3n) is 3.63. The first-order chi connectivity index (χ1) is 12.6. The van der Waals surface area contributed by atoms with Crippen LogP contribution in [-0.2, 0) is 11.3 Å². The number of nitrogens with zero attached hydrogens (tertiary/aromatic N) is 2. The van der Waals surface area contributed by atoms with Gasteiger partial charge in [-0.05, 0) is 33.0 Å². The molecule has 0 saturated carbocycles. The summed E-state index contributed by atoms with van der Waals surface area (Å²) in [5.74, 6) is 0.806. The molecule has 1 aromatic rings. The molecule has 1 aromatic carbocycles. The first-order valence-corrected chi connectivity index (χ1v) is 8.79. The van der Waals surface area contributed by atoms with Gasteiger partial charge in [-0.1, -0.05) is 18.2 Å². The molecule has 0 aromatic heterocycles. The minimum atomic E-state index is -2.85. The minimum Gasteiger partial charge on any atom is -0.434 e. The molecule has 0 amide bonds. The summed E-state index contributed by atoms with van der Waals surface area (Å²) in [6.07, 6.45) is 0.954. The lowest BCUT2D eigenvalue weighted by Crippen LogP contribution is -2.38. The van der Waals surface area contributed by atoms with Crippen molar-refractivity contribution >= 4 is 5.96 Å². The molecule has 8 heteroatoms. The maximum absolute atomic E-state index is 12.5. The second-order valence-electron chi connectivity index (χ2n) is 5.76. The van der Waals surface area contributed by atoms with Crippen molar-refractivity contribution in [2.45, 2.75) is 26.5 Å². The molecule has 1 rings (SSSR count). The number of hydrogen-bond donors (Lipinski definition) is 2. The highest BCUT2D eigenvalue weighted by molar-refractivity contribution is 5.79. The maximum Gasteiger partial charge on any atom is 0.387 e. The van der Waals surface area contributed by atoms with E-state index in [2.05, 4.69) is 32.3 Å². The number of guanidine groups is 1. The molecule has 148 valence electrons. The van der Waals surface area contributed by atoms with Crippen LogP contribution in [0.2, 0.25) is 0 Å². The van der Waals surface area contributed by atoms with E-state index in [4.69, 9.17) is 4.74 Å². The Morgan fingerprint density at radius 3 is 2.69 bits per heavy atom. The Bertz CT molecular complexity index is 530. The quantitative estimate of drug-likeness (QED) is 0.335. The summed E-state index contributed by atoms with van der Waals surface area (Å²) in [6, 6.07) is 6.69. The number of methoxy groups -OCH3 is 1. The lowest BCUT2D eigenvalue weighted by molar-refractivity contribution is -0.0504. The third-order valence-corrected chi connectivity index (χ3v) is 3.63. The van der Waals surface area contributed by atoms with Gasteiger partial charge in [-0.2, -0.15) is 8.78 Å². The summed E-state index contributed by atoms with van der Waals surface area (Å²) in [5, 5.41) is 6.41. The Kier molecular flexibility index (Phi) is 11.3. The minimum absolute atomic E-state index is 0.155. The monoisotopic (exact) mass is 372 g/mol. The smallest absolute Gasteiger partial charge is 0.387 e. The summed E-state index contributed by atoms with van der Waals surface area (Å²) in [4.78, 5) is 6.66. The van der Waals surface area contributed by atoms with E-state index in [1.165, 1.54) is 6.07 Å². The number of nitrogens with one attached hydrogen (secondary N) is 2. The number of benzene rings is 1. The molecule has 0 spiro atoms. The number of para-hydroxylation sites is 1. The molecule has 6 nitrogen and oxygen atoms in total. The van der Waals surface area contributed by atoms with Gasteiger partial charge in [-0.25, -0.2) is 4.99 Å². The predicted octanol–water partition coefficient (Wildman–Crippen LogP) is 2.31. The number of rotatable bonds is 12. The summed E-state index contributed by atoms with van der Waals surface area (Å²) in [7, 11) is 3.75. The number of aliphatic imine (C=N–C) groups is 1. The van der Waals surface area contributed by atoms with Crippen LogP contribution in [0.25, 0.3) is 0 Å². The average Bonchev–Trinajstić information content (AvgIpc) is 2.62. The van der Waals surface area contributed by atoms with Crippen molar-refractivity contribution in [2.75, 3.05) is 46.9 Å². The Morgan fingerprint density at radius 1 is 1.23 bits per heavy atom. The number of ether oxygens (including phenoxy) is 2. The average molecular weight is 372 g/mol. The van der Waals surface area contributed by atoms with Gasteiger partial charge >= 0.3 is 6.61 Å². The number of halogens is 2. The predicted molar refractivity (Wildman–Crippen MR) is 99.9 cm³/mol. The van der Waals surface area contributed by atoms with Gasteiger partial charge in [0.05, 0.1) is 13.2 Å². The van der Waals surface area contributed by atoms with Gasteiger partial charge in [-0.3, -0.25) is 0 Å². The van der Waals surface area contributed by atoms with Crippen molar-refractivity contribution in [3.63, 3.8) is 0 Å². The Hall–Kier alpha value is -1.93. The Labute approximate surface area is 154 Å². The van der Waals surface area contributed by atoms with E-state index >= 15 is 0 Å². The molecule has 0 atom stereocenters. The van der Waals surface area contributed by atoms with Crippen molar-refractivity contribution in [1.82, 2.24) is 15.5 Å². The molecule has 0 aliphatic rings. The summed E-state index contributed by atoms with van der Waals surface area (Å²) >= 11 is 0. The Balaban J connectivity index is 2.51. The first kappa shape index (κ1) is 22.1. The van der Waals surface area contributed by atoms with Crippen LogP contribution in [0, 0.1) is 0 Å². The van der Waals surface area contributed by atoms with Gasteiger partial charge in [0.1, 0.15) is 5.75 Å². The van der Waals surface area contributed by atoms with Gasteiger partial charge in [-0.15, -0.1) is 0 Å². The third kappa shape index (κ3) is 9.53. The van der Waals surface area contributed by atoms with E-state index in [-0.39, 0.29) is 12.3 Å². The van der Waals surface area contributed by atoms with Crippen LogP contribution in [0.3, 0.4) is 0 Å². The zero-order chi connectivity index (χ0) is 19.2. The van der Waals surface area contributed by atoms with Crippen LogP contribution in [0.4, 0.5) is 8.78 Å². The molecule has 0 bridgehead atoms. The molecule has 0 saturated heterocycles. The lowest BCUT2D eigenvalue weighted by Gasteiger charge is -2.17. The van der Waals surface area contributed by atoms with E-state index in [1.54, 1.807) is 25.3 Å². The van der Waals surface area contributed by atoms with E-state index in [0.29, 0.717) is 18.1 Å². The van der Waals surface area contributed by atoms with E-state index in [0.717, 1.165) is 32.6 Å². The van der Waals surface area contributed by atoms with Crippen molar-refractivity contribution in [1.29, 1.82) is 0 Å². The molecular formula is C18H30F2N4O2. The van der Waals surface area contributed by atoms with Crippen molar-refractivity contribution < 1.29 is 18.3 Å². The molecule has 0 fully saturated rings. The van der Waals surface area contributed by atoms with Crippen LogP contribution in [-0.4, -0.2) is 64.4 Å². The summed E-state index contributed by atoms with van der Waals surface area (Å²) in [5.41, 5.74) is 0.615. The van der Waals surface area contributed by atoms with Gasteiger partial charge < -0.3 is 25.0 Å². The Morgan fingerprint density at radius 2 is 2.00 bits per heavy atom. The SMILES string of the molecule is CCNC(=NCc1ccccc1OC(F)F)NCCCN(C)CCOC. The largest absolute Gasteiger partial charge is 0.434 e. The van der Waals surface area contributed by atoms with E-state index in [9.17, 15) is 8.78 Å². The zero-order valence-electron chi connectivity index (χ0n) is 15.8. The van der Waals surface area contributed by atoms with Crippen molar-refractivity contribution in [2.24, 2.45) is 4.99 Å². The van der Waals surface area contributed by atoms with Crippen molar-refractivity contribution in [3.8, 4) is 5.75 Å². The second-order valence-corrected chi connectivity index (χ2v) is 5.76. The highest BCUT2D eigenvalue weighted by Crippen LogP contribution is 2.20. The van der Waals surface area contributed by atoms with Crippen LogP contribution >= 0.6 is 0 Å². The van der Waals surface area contributed by atoms with Crippen LogP contribution in [0.5, 0.6) is 5.75 Å². The summed E-state index contributed by atoms with van der Waals surface area (Å²) in [6.45, 7) is 3.42.